The fourth-order valence-corrected chi connectivity index (χ4v) is 5.16. The van der Waals surface area contributed by atoms with Gasteiger partial charge in [0.25, 0.3) is 5.91 Å². The van der Waals surface area contributed by atoms with Crippen LogP contribution in [-0.4, -0.2) is 51.9 Å². The zero-order valence-electron chi connectivity index (χ0n) is 14.1. The highest BCUT2D eigenvalue weighted by atomic mass is 35.5. The number of nitrogens with zero attached hydrogens (tertiary/aromatic N) is 2. The number of likely N-dealkylation sites (tertiary alicyclic amines) is 1. The van der Waals surface area contributed by atoms with Crippen molar-refractivity contribution in [3.05, 3.63) is 34.9 Å². The minimum atomic E-state index is -0.119. The van der Waals surface area contributed by atoms with Gasteiger partial charge in [-0.3, -0.25) is 9.59 Å². The normalized spacial score (nSPS) is 20.0. The Bertz CT molecular complexity index is 642. The Kier molecular flexibility index (Phi) is 5.11. The first kappa shape index (κ1) is 17.6. The maximum atomic E-state index is 12.7. The minimum Gasteiger partial charge on any atom is -0.338 e. The lowest BCUT2D eigenvalue weighted by atomic mass is 9.99. The van der Waals surface area contributed by atoms with Crippen molar-refractivity contribution >= 4 is 35.2 Å². The molecule has 0 N–H and O–H groups in total. The highest BCUT2D eigenvalue weighted by Gasteiger charge is 2.47. The summed E-state index contributed by atoms with van der Waals surface area (Å²) in [6.07, 6.45) is 1.67. The van der Waals surface area contributed by atoms with Crippen molar-refractivity contribution in [2.45, 2.75) is 31.6 Å². The highest BCUT2D eigenvalue weighted by Crippen LogP contribution is 2.44. The molecule has 2 heterocycles. The van der Waals surface area contributed by atoms with Gasteiger partial charge in [-0.05, 0) is 31.0 Å². The van der Waals surface area contributed by atoms with Crippen molar-refractivity contribution in [1.82, 2.24) is 9.80 Å². The minimum absolute atomic E-state index is 0.0201. The molecule has 0 aromatic heterocycles. The molecule has 2 aliphatic rings. The third-order valence-electron chi connectivity index (χ3n) is 4.84. The van der Waals surface area contributed by atoms with Crippen LogP contribution in [-0.2, 0) is 4.79 Å². The lowest BCUT2D eigenvalue weighted by Crippen LogP contribution is -2.54. The summed E-state index contributed by atoms with van der Waals surface area (Å²) in [5, 5.41) is 0.578. The highest BCUT2D eigenvalue weighted by molar-refractivity contribution is 8.00. The molecule has 24 heavy (non-hydrogen) atoms. The van der Waals surface area contributed by atoms with Crippen LogP contribution in [0.1, 0.15) is 37.0 Å². The van der Waals surface area contributed by atoms with Gasteiger partial charge < -0.3 is 9.80 Å². The lowest BCUT2D eigenvalue weighted by molar-refractivity contribution is -0.137. The van der Waals surface area contributed by atoms with Crippen molar-refractivity contribution in [2.75, 3.05) is 25.4 Å². The van der Waals surface area contributed by atoms with E-state index in [2.05, 4.69) is 4.90 Å². The summed E-state index contributed by atoms with van der Waals surface area (Å²) in [6, 6.07) is 7.09. The standard InChI is InChI=1S/C18H23ClN2O2S/c1-13(2)16(22)21-10-11-24-18(21)6-8-20(9-7-18)17(23)14-4-3-5-15(19)12-14/h3-5,12-13H,6-11H2,1-2H3. The Labute approximate surface area is 152 Å². The van der Waals surface area contributed by atoms with Crippen LogP contribution in [0.4, 0.5) is 0 Å². The van der Waals surface area contributed by atoms with Crippen molar-refractivity contribution < 1.29 is 9.59 Å². The molecule has 0 radical (unpaired) electrons. The van der Waals surface area contributed by atoms with E-state index in [1.54, 1.807) is 24.3 Å². The van der Waals surface area contributed by atoms with Crippen LogP contribution >= 0.6 is 23.4 Å². The predicted molar refractivity (Wildman–Crippen MR) is 98.3 cm³/mol. The number of halogens is 1. The van der Waals surface area contributed by atoms with Crippen LogP contribution in [0, 0.1) is 5.92 Å². The van der Waals surface area contributed by atoms with Crippen molar-refractivity contribution in [3.63, 3.8) is 0 Å². The van der Waals surface area contributed by atoms with Crippen LogP contribution in [0.15, 0.2) is 24.3 Å². The van der Waals surface area contributed by atoms with Crippen LogP contribution < -0.4 is 0 Å². The first-order valence-electron chi connectivity index (χ1n) is 8.43. The molecule has 2 aliphatic heterocycles. The van der Waals surface area contributed by atoms with E-state index in [9.17, 15) is 9.59 Å². The number of hydrogen-bond donors (Lipinski definition) is 0. The van der Waals surface area contributed by atoms with Gasteiger partial charge in [0.1, 0.15) is 0 Å². The molecule has 1 aromatic carbocycles. The van der Waals surface area contributed by atoms with Gasteiger partial charge in [-0.2, -0.15) is 0 Å². The summed E-state index contributed by atoms with van der Waals surface area (Å²) in [6.45, 7) is 6.10. The average Bonchev–Trinajstić information content (AvgIpc) is 2.97. The molecular weight excluding hydrogens is 344 g/mol. The molecular formula is C18H23ClN2O2S. The first-order chi connectivity index (χ1) is 11.4. The van der Waals surface area contributed by atoms with Crippen LogP contribution in [0.2, 0.25) is 5.02 Å². The summed E-state index contributed by atoms with van der Waals surface area (Å²) in [4.78, 5) is 29.0. The number of carbonyl (C=O) groups is 2. The Morgan fingerprint density at radius 1 is 1.21 bits per heavy atom. The monoisotopic (exact) mass is 366 g/mol. The number of piperidine rings is 1. The third-order valence-corrected chi connectivity index (χ3v) is 6.63. The maximum Gasteiger partial charge on any atom is 0.253 e. The second-order valence-corrected chi connectivity index (χ2v) is 8.64. The second-order valence-electron chi connectivity index (χ2n) is 6.74. The van der Waals surface area contributed by atoms with Gasteiger partial charge >= 0.3 is 0 Å². The zero-order valence-corrected chi connectivity index (χ0v) is 15.7. The van der Waals surface area contributed by atoms with Crippen LogP contribution in [0.5, 0.6) is 0 Å². The van der Waals surface area contributed by atoms with Gasteiger partial charge in [0, 0.05) is 41.9 Å². The molecule has 2 amide bonds. The molecule has 0 unspecified atom stereocenters. The van der Waals surface area contributed by atoms with Crippen molar-refractivity contribution in [2.24, 2.45) is 5.92 Å². The van der Waals surface area contributed by atoms with Crippen LogP contribution in [0.3, 0.4) is 0 Å². The molecule has 6 heteroatoms. The van der Waals surface area contributed by atoms with E-state index in [0.717, 1.165) is 25.1 Å². The summed E-state index contributed by atoms with van der Waals surface area (Å²) < 4.78 is 0. The molecule has 0 atom stereocenters. The molecule has 2 saturated heterocycles. The van der Waals surface area contributed by atoms with E-state index in [1.165, 1.54) is 0 Å². The number of rotatable bonds is 2. The van der Waals surface area contributed by atoms with E-state index in [4.69, 9.17) is 11.6 Å². The molecule has 4 nitrogen and oxygen atoms in total. The number of carbonyl (C=O) groups excluding carboxylic acids is 2. The van der Waals surface area contributed by atoms with E-state index >= 15 is 0 Å². The zero-order chi connectivity index (χ0) is 17.3. The predicted octanol–water partition coefficient (Wildman–Crippen LogP) is 3.50. The molecule has 0 saturated carbocycles. The number of benzene rings is 1. The topological polar surface area (TPSA) is 40.6 Å². The van der Waals surface area contributed by atoms with Crippen molar-refractivity contribution in [3.8, 4) is 0 Å². The van der Waals surface area contributed by atoms with E-state index < -0.39 is 0 Å². The molecule has 0 bridgehead atoms. The number of thioether (sulfide) groups is 1. The molecule has 2 fully saturated rings. The second kappa shape index (κ2) is 6.96. The summed E-state index contributed by atoms with van der Waals surface area (Å²) in [5.41, 5.74) is 0.632. The van der Waals surface area contributed by atoms with Crippen molar-refractivity contribution in [1.29, 1.82) is 0 Å². The largest absolute Gasteiger partial charge is 0.338 e. The number of amides is 2. The van der Waals surface area contributed by atoms with E-state index in [1.807, 2.05) is 30.5 Å². The Morgan fingerprint density at radius 3 is 2.54 bits per heavy atom. The molecule has 3 rings (SSSR count). The summed E-state index contributed by atoms with van der Waals surface area (Å²) in [7, 11) is 0. The quantitative estimate of drug-likeness (QED) is 0.804. The molecule has 1 aromatic rings. The molecule has 130 valence electrons. The molecule has 0 aliphatic carbocycles. The average molecular weight is 367 g/mol. The number of hydrogen-bond acceptors (Lipinski definition) is 3. The van der Waals surface area contributed by atoms with E-state index in [0.29, 0.717) is 23.7 Å². The van der Waals surface area contributed by atoms with Gasteiger partial charge in [-0.1, -0.05) is 31.5 Å². The van der Waals surface area contributed by atoms with Gasteiger partial charge in [-0.25, -0.2) is 0 Å². The fraction of sp³-hybridized carbons (Fsp3) is 0.556. The molecule has 1 spiro atoms. The Hall–Kier alpha value is -1.20. The fourth-order valence-electron chi connectivity index (χ4n) is 3.51. The van der Waals surface area contributed by atoms with Crippen LogP contribution in [0.25, 0.3) is 0 Å². The first-order valence-corrected chi connectivity index (χ1v) is 9.79. The smallest absolute Gasteiger partial charge is 0.253 e. The van der Waals surface area contributed by atoms with Gasteiger partial charge in [-0.15, -0.1) is 11.8 Å². The summed E-state index contributed by atoms with van der Waals surface area (Å²) in [5.74, 6) is 1.26. The van der Waals surface area contributed by atoms with Gasteiger partial charge in [0.15, 0.2) is 0 Å². The Morgan fingerprint density at radius 2 is 1.92 bits per heavy atom. The lowest BCUT2D eigenvalue weighted by Gasteiger charge is -2.44. The van der Waals surface area contributed by atoms with Gasteiger partial charge in [0.05, 0.1) is 4.87 Å². The van der Waals surface area contributed by atoms with E-state index in [-0.39, 0.29) is 22.6 Å². The Balaban J connectivity index is 1.69. The summed E-state index contributed by atoms with van der Waals surface area (Å²) >= 11 is 7.87. The van der Waals surface area contributed by atoms with Gasteiger partial charge in [0.2, 0.25) is 5.91 Å². The SMILES string of the molecule is CC(C)C(=O)N1CCSC12CCN(C(=O)c1cccc(Cl)c1)CC2. The third kappa shape index (κ3) is 3.29. The maximum absolute atomic E-state index is 12.7.